The molecule has 0 aliphatic heterocycles. The van der Waals surface area contributed by atoms with Gasteiger partial charge in [0.25, 0.3) is 6.43 Å². The van der Waals surface area contributed by atoms with Crippen LogP contribution in [0.25, 0.3) is 0 Å². The molecule has 0 aromatic heterocycles. The average Bonchev–Trinajstić information content (AvgIpc) is 2.47. The van der Waals surface area contributed by atoms with Gasteiger partial charge in [0.15, 0.2) is 5.78 Å². The van der Waals surface area contributed by atoms with Crippen molar-refractivity contribution in [2.45, 2.75) is 25.7 Å². The fraction of sp³-hybridized carbons (Fsp3) is 0.235. The smallest absolute Gasteiger partial charge is 0.255 e. The van der Waals surface area contributed by atoms with Crippen molar-refractivity contribution in [1.29, 1.82) is 0 Å². The molecule has 0 bridgehead atoms. The van der Waals surface area contributed by atoms with Gasteiger partial charge in [-0.05, 0) is 19.4 Å². The Balaban J connectivity index is 2.50. The number of hydrogen-bond donors (Lipinski definition) is 0. The molecule has 0 radical (unpaired) electrons. The first-order chi connectivity index (χ1) is 9.46. The molecule has 0 aliphatic rings. The Morgan fingerprint density at radius 2 is 1.55 bits per heavy atom. The summed E-state index contributed by atoms with van der Waals surface area (Å²) < 4.78 is 27.2. The van der Waals surface area contributed by atoms with Gasteiger partial charge >= 0.3 is 0 Å². The Morgan fingerprint density at radius 1 is 1.00 bits per heavy atom. The first kappa shape index (κ1) is 14.4. The zero-order chi connectivity index (χ0) is 14.8. The third-order valence-electron chi connectivity index (χ3n) is 3.60. The normalized spacial score (nSPS) is 14.1. The van der Waals surface area contributed by atoms with Crippen LogP contribution in [0.3, 0.4) is 0 Å². The Labute approximate surface area is 117 Å². The molecule has 0 spiro atoms. The SMILES string of the molecule is Cc1ccc(C(C)(C(=O)c2ccccc2)C(F)F)cc1. The highest BCUT2D eigenvalue weighted by Gasteiger charge is 2.44. The van der Waals surface area contributed by atoms with Crippen LogP contribution in [0.4, 0.5) is 8.78 Å². The molecule has 3 heteroatoms. The fourth-order valence-electron chi connectivity index (χ4n) is 2.15. The van der Waals surface area contributed by atoms with E-state index in [0.717, 1.165) is 5.56 Å². The van der Waals surface area contributed by atoms with Crippen LogP contribution < -0.4 is 0 Å². The van der Waals surface area contributed by atoms with Gasteiger partial charge in [0.1, 0.15) is 5.41 Å². The van der Waals surface area contributed by atoms with E-state index >= 15 is 0 Å². The van der Waals surface area contributed by atoms with E-state index in [1.54, 1.807) is 54.6 Å². The highest BCUT2D eigenvalue weighted by atomic mass is 19.3. The number of benzene rings is 2. The second-order valence-corrected chi connectivity index (χ2v) is 5.06. The number of carbonyl (C=O) groups excluding carboxylic acids is 1. The molecule has 1 unspecified atom stereocenters. The van der Waals surface area contributed by atoms with Gasteiger partial charge in [-0.15, -0.1) is 0 Å². The van der Waals surface area contributed by atoms with E-state index in [1.807, 2.05) is 6.92 Å². The summed E-state index contributed by atoms with van der Waals surface area (Å²) in [5.41, 5.74) is -0.213. The molecule has 20 heavy (non-hydrogen) atoms. The van der Waals surface area contributed by atoms with Crippen molar-refractivity contribution < 1.29 is 13.6 Å². The largest absolute Gasteiger partial charge is 0.293 e. The molecule has 104 valence electrons. The first-order valence-electron chi connectivity index (χ1n) is 6.41. The van der Waals surface area contributed by atoms with Gasteiger partial charge in [-0.25, -0.2) is 8.78 Å². The number of alkyl halides is 2. The lowest BCUT2D eigenvalue weighted by molar-refractivity contribution is 0.0458. The number of aryl methyl sites for hydroxylation is 1. The molecule has 1 atom stereocenters. The van der Waals surface area contributed by atoms with Crippen LogP contribution in [0.2, 0.25) is 0 Å². The minimum atomic E-state index is -2.77. The van der Waals surface area contributed by atoms with Crippen LogP contribution in [0.15, 0.2) is 54.6 Å². The topological polar surface area (TPSA) is 17.1 Å². The Morgan fingerprint density at radius 3 is 2.05 bits per heavy atom. The van der Waals surface area contributed by atoms with Crippen LogP contribution >= 0.6 is 0 Å². The quantitative estimate of drug-likeness (QED) is 0.755. The van der Waals surface area contributed by atoms with E-state index in [2.05, 4.69) is 0 Å². The van der Waals surface area contributed by atoms with Crippen molar-refractivity contribution in [3.05, 3.63) is 71.3 Å². The second-order valence-electron chi connectivity index (χ2n) is 5.06. The van der Waals surface area contributed by atoms with Gasteiger partial charge in [-0.3, -0.25) is 4.79 Å². The minimum Gasteiger partial charge on any atom is -0.293 e. The molecular formula is C17H16F2O. The molecule has 0 heterocycles. The maximum atomic E-state index is 13.6. The monoisotopic (exact) mass is 274 g/mol. The fourth-order valence-corrected chi connectivity index (χ4v) is 2.15. The summed E-state index contributed by atoms with van der Waals surface area (Å²) in [6, 6.07) is 14.9. The van der Waals surface area contributed by atoms with Crippen LogP contribution in [0.5, 0.6) is 0 Å². The van der Waals surface area contributed by atoms with E-state index in [9.17, 15) is 13.6 Å². The Bertz CT molecular complexity index is 590. The molecule has 1 nitrogen and oxygen atoms in total. The van der Waals surface area contributed by atoms with E-state index in [1.165, 1.54) is 6.92 Å². The summed E-state index contributed by atoms with van der Waals surface area (Å²) in [7, 11) is 0. The number of Topliss-reactive ketones (excluding diaryl/α,β-unsaturated/α-hetero) is 1. The van der Waals surface area contributed by atoms with Gasteiger partial charge in [-0.1, -0.05) is 60.2 Å². The summed E-state index contributed by atoms with van der Waals surface area (Å²) >= 11 is 0. The van der Waals surface area contributed by atoms with Crippen molar-refractivity contribution in [3.63, 3.8) is 0 Å². The molecule has 0 saturated heterocycles. The summed E-state index contributed by atoms with van der Waals surface area (Å²) in [5, 5.41) is 0. The summed E-state index contributed by atoms with van der Waals surface area (Å²) in [6.45, 7) is 3.18. The molecule has 0 saturated carbocycles. The molecule has 0 N–H and O–H groups in total. The van der Waals surface area contributed by atoms with Crippen LogP contribution in [0, 0.1) is 6.92 Å². The zero-order valence-corrected chi connectivity index (χ0v) is 11.4. The average molecular weight is 274 g/mol. The van der Waals surface area contributed by atoms with Crippen LogP contribution in [-0.4, -0.2) is 12.2 Å². The van der Waals surface area contributed by atoms with Crippen LogP contribution in [0.1, 0.15) is 28.4 Å². The molecule has 2 aromatic rings. The maximum absolute atomic E-state index is 13.6. The molecule has 2 aromatic carbocycles. The summed E-state index contributed by atoms with van der Waals surface area (Å²) in [4.78, 5) is 12.5. The van der Waals surface area contributed by atoms with Crippen molar-refractivity contribution in [2.24, 2.45) is 0 Å². The maximum Gasteiger partial charge on any atom is 0.255 e. The molecule has 2 rings (SSSR count). The van der Waals surface area contributed by atoms with Gasteiger partial charge in [0.05, 0.1) is 0 Å². The Kier molecular flexibility index (Phi) is 3.98. The lowest BCUT2D eigenvalue weighted by Crippen LogP contribution is -2.40. The number of ketones is 1. The highest BCUT2D eigenvalue weighted by molar-refractivity contribution is 6.04. The number of carbonyl (C=O) groups is 1. The van der Waals surface area contributed by atoms with Gasteiger partial charge in [0, 0.05) is 5.56 Å². The molecular weight excluding hydrogens is 258 g/mol. The van der Waals surface area contributed by atoms with Gasteiger partial charge in [0.2, 0.25) is 0 Å². The predicted molar refractivity (Wildman–Crippen MR) is 75.3 cm³/mol. The Hall–Kier alpha value is -2.03. The second kappa shape index (κ2) is 5.53. The number of rotatable bonds is 4. The number of halogens is 2. The molecule has 0 fully saturated rings. The summed E-state index contributed by atoms with van der Waals surface area (Å²) in [6.07, 6.45) is -2.77. The summed E-state index contributed by atoms with van der Waals surface area (Å²) in [5.74, 6) is -0.558. The van der Waals surface area contributed by atoms with Crippen molar-refractivity contribution in [2.75, 3.05) is 0 Å². The number of hydrogen-bond acceptors (Lipinski definition) is 1. The lowest BCUT2D eigenvalue weighted by atomic mass is 9.76. The third-order valence-corrected chi connectivity index (χ3v) is 3.60. The van der Waals surface area contributed by atoms with E-state index in [4.69, 9.17) is 0 Å². The van der Waals surface area contributed by atoms with E-state index < -0.39 is 17.6 Å². The van der Waals surface area contributed by atoms with Gasteiger partial charge in [-0.2, -0.15) is 0 Å². The first-order valence-corrected chi connectivity index (χ1v) is 6.41. The minimum absolute atomic E-state index is 0.302. The van der Waals surface area contributed by atoms with Crippen molar-refractivity contribution in [1.82, 2.24) is 0 Å². The van der Waals surface area contributed by atoms with E-state index in [0.29, 0.717) is 11.1 Å². The molecule has 0 aliphatic carbocycles. The standard InChI is InChI=1S/C17H16F2O/c1-12-8-10-14(11-9-12)17(2,16(18)19)15(20)13-6-4-3-5-7-13/h3-11,16H,1-2H3. The highest BCUT2D eigenvalue weighted by Crippen LogP contribution is 2.34. The van der Waals surface area contributed by atoms with E-state index in [-0.39, 0.29) is 0 Å². The zero-order valence-electron chi connectivity index (χ0n) is 11.4. The van der Waals surface area contributed by atoms with Crippen molar-refractivity contribution >= 4 is 5.78 Å². The third kappa shape index (κ3) is 2.48. The lowest BCUT2D eigenvalue weighted by Gasteiger charge is -2.28. The predicted octanol–water partition coefficient (Wildman–Crippen LogP) is 4.40. The van der Waals surface area contributed by atoms with Gasteiger partial charge < -0.3 is 0 Å². The molecule has 0 amide bonds. The van der Waals surface area contributed by atoms with Crippen LogP contribution in [-0.2, 0) is 5.41 Å². The van der Waals surface area contributed by atoms with Crippen molar-refractivity contribution in [3.8, 4) is 0 Å².